The van der Waals surface area contributed by atoms with E-state index in [1.54, 1.807) is 0 Å². The standard InChI is InChI=1S/C12H16O2S/c1-2-11(13)8-15-9-12(14)10-6-4-3-5-7-10/h3-7,11,13H,2,8-9H2,1H3. The number of hydrogen-bond donors (Lipinski definition) is 1. The number of aliphatic hydroxyl groups is 1. The summed E-state index contributed by atoms with van der Waals surface area (Å²) in [4.78, 5) is 11.6. The average molecular weight is 224 g/mol. The van der Waals surface area contributed by atoms with Crippen molar-refractivity contribution in [1.29, 1.82) is 0 Å². The zero-order valence-corrected chi connectivity index (χ0v) is 9.67. The molecule has 1 rings (SSSR count). The van der Waals surface area contributed by atoms with Crippen molar-refractivity contribution in [3.63, 3.8) is 0 Å². The quantitative estimate of drug-likeness (QED) is 0.754. The van der Waals surface area contributed by atoms with E-state index in [2.05, 4.69) is 0 Å². The van der Waals surface area contributed by atoms with Crippen LogP contribution in [0.15, 0.2) is 30.3 Å². The first kappa shape index (κ1) is 12.3. The van der Waals surface area contributed by atoms with Gasteiger partial charge in [-0.2, -0.15) is 11.8 Å². The van der Waals surface area contributed by atoms with Gasteiger partial charge in [-0.25, -0.2) is 0 Å². The lowest BCUT2D eigenvalue weighted by atomic mass is 10.2. The summed E-state index contributed by atoms with van der Waals surface area (Å²) in [6.45, 7) is 1.93. The SMILES string of the molecule is CCC(O)CSCC(=O)c1ccccc1. The van der Waals surface area contributed by atoms with Crippen molar-refractivity contribution < 1.29 is 9.90 Å². The number of aliphatic hydroxyl groups excluding tert-OH is 1. The normalized spacial score (nSPS) is 12.4. The minimum Gasteiger partial charge on any atom is -0.392 e. The van der Waals surface area contributed by atoms with Gasteiger partial charge in [-0.1, -0.05) is 37.3 Å². The molecular formula is C12H16O2S. The van der Waals surface area contributed by atoms with Crippen molar-refractivity contribution in [2.75, 3.05) is 11.5 Å². The summed E-state index contributed by atoms with van der Waals surface area (Å²) in [5, 5.41) is 9.31. The Kier molecular flexibility index (Phi) is 5.43. The fourth-order valence-corrected chi connectivity index (χ4v) is 2.09. The predicted molar refractivity (Wildman–Crippen MR) is 64.4 cm³/mol. The summed E-state index contributed by atoms with van der Waals surface area (Å²) in [6, 6.07) is 9.25. The molecule has 0 spiro atoms. The van der Waals surface area contributed by atoms with E-state index < -0.39 is 0 Å². The highest BCUT2D eigenvalue weighted by atomic mass is 32.2. The monoisotopic (exact) mass is 224 g/mol. The lowest BCUT2D eigenvalue weighted by molar-refractivity contribution is 0.102. The molecule has 0 heterocycles. The molecule has 1 aromatic carbocycles. The highest BCUT2D eigenvalue weighted by Gasteiger charge is 2.06. The minimum atomic E-state index is -0.293. The number of carbonyl (C=O) groups is 1. The highest BCUT2D eigenvalue weighted by Crippen LogP contribution is 2.09. The van der Waals surface area contributed by atoms with Gasteiger partial charge in [-0.3, -0.25) is 4.79 Å². The fourth-order valence-electron chi connectivity index (χ4n) is 1.11. The summed E-state index contributed by atoms with van der Waals surface area (Å²) in [5.74, 6) is 1.21. The maximum absolute atomic E-state index is 11.6. The van der Waals surface area contributed by atoms with Gasteiger partial charge in [0.1, 0.15) is 0 Å². The summed E-state index contributed by atoms with van der Waals surface area (Å²) in [5.41, 5.74) is 0.746. The molecule has 0 amide bonds. The molecule has 1 atom stereocenters. The molecule has 0 aliphatic heterocycles. The molecule has 0 bridgehead atoms. The van der Waals surface area contributed by atoms with Crippen molar-refractivity contribution in [2.24, 2.45) is 0 Å². The van der Waals surface area contributed by atoms with E-state index in [-0.39, 0.29) is 11.9 Å². The minimum absolute atomic E-state index is 0.129. The third kappa shape index (κ3) is 4.49. The van der Waals surface area contributed by atoms with Crippen LogP contribution in [0.2, 0.25) is 0 Å². The Morgan fingerprint density at radius 3 is 2.67 bits per heavy atom. The Morgan fingerprint density at radius 1 is 1.40 bits per heavy atom. The van der Waals surface area contributed by atoms with Crippen LogP contribution >= 0.6 is 11.8 Å². The Bertz CT molecular complexity index is 298. The van der Waals surface area contributed by atoms with Crippen molar-refractivity contribution in [1.82, 2.24) is 0 Å². The van der Waals surface area contributed by atoms with Crippen LogP contribution in [0.5, 0.6) is 0 Å². The number of hydrogen-bond acceptors (Lipinski definition) is 3. The van der Waals surface area contributed by atoms with Gasteiger partial charge in [0.2, 0.25) is 0 Å². The van der Waals surface area contributed by atoms with Gasteiger partial charge in [0, 0.05) is 11.3 Å². The maximum atomic E-state index is 11.6. The van der Waals surface area contributed by atoms with Gasteiger partial charge in [0.05, 0.1) is 11.9 Å². The van der Waals surface area contributed by atoms with Gasteiger partial charge in [-0.05, 0) is 6.42 Å². The number of rotatable bonds is 6. The second-order valence-corrected chi connectivity index (χ2v) is 4.40. The molecule has 0 aliphatic carbocycles. The Hall–Kier alpha value is -0.800. The molecule has 15 heavy (non-hydrogen) atoms. The second kappa shape index (κ2) is 6.64. The zero-order chi connectivity index (χ0) is 11.1. The largest absolute Gasteiger partial charge is 0.392 e. The molecule has 82 valence electrons. The van der Waals surface area contributed by atoms with Crippen molar-refractivity contribution in [2.45, 2.75) is 19.4 Å². The molecule has 1 unspecified atom stereocenters. The van der Waals surface area contributed by atoms with E-state index in [9.17, 15) is 9.90 Å². The van der Waals surface area contributed by atoms with Gasteiger partial charge in [0.25, 0.3) is 0 Å². The van der Waals surface area contributed by atoms with Gasteiger partial charge >= 0.3 is 0 Å². The van der Waals surface area contributed by atoms with Crippen molar-refractivity contribution in [3.05, 3.63) is 35.9 Å². The van der Waals surface area contributed by atoms with Gasteiger partial charge < -0.3 is 5.11 Å². The summed E-state index contributed by atoms with van der Waals surface area (Å²) in [7, 11) is 0. The van der Waals surface area contributed by atoms with Crippen molar-refractivity contribution >= 4 is 17.5 Å². The summed E-state index contributed by atoms with van der Waals surface area (Å²) >= 11 is 1.49. The molecular weight excluding hydrogens is 208 g/mol. The molecule has 0 aromatic heterocycles. The van der Waals surface area contributed by atoms with Crippen LogP contribution in [0.3, 0.4) is 0 Å². The zero-order valence-electron chi connectivity index (χ0n) is 8.85. The average Bonchev–Trinajstić information content (AvgIpc) is 2.29. The van der Waals surface area contributed by atoms with E-state index in [4.69, 9.17) is 0 Å². The molecule has 0 aliphatic rings. The number of carbonyl (C=O) groups excluding carboxylic acids is 1. The molecule has 2 nitrogen and oxygen atoms in total. The van der Waals surface area contributed by atoms with E-state index in [1.165, 1.54) is 11.8 Å². The molecule has 0 saturated heterocycles. The number of thioether (sulfide) groups is 1. The molecule has 3 heteroatoms. The first-order valence-corrected chi connectivity index (χ1v) is 6.23. The molecule has 0 radical (unpaired) electrons. The first-order chi connectivity index (χ1) is 7.24. The second-order valence-electron chi connectivity index (χ2n) is 3.37. The van der Waals surface area contributed by atoms with Crippen LogP contribution in [0, 0.1) is 0 Å². The summed E-state index contributed by atoms with van der Waals surface area (Å²) in [6.07, 6.45) is 0.450. The highest BCUT2D eigenvalue weighted by molar-refractivity contribution is 8.00. The molecule has 0 fully saturated rings. The Balaban J connectivity index is 2.31. The predicted octanol–water partition coefficient (Wildman–Crippen LogP) is 2.37. The fraction of sp³-hybridized carbons (Fsp3) is 0.417. The molecule has 1 N–H and O–H groups in total. The van der Waals surface area contributed by atoms with E-state index in [0.717, 1.165) is 12.0 Å². The van der Waals surface area contributed by atoms with E-state index >= 15 is 0 Å². The lowest BCUT2D eigenvalue weighted by Crippen LogP contribution is -2.10. The van der Waals surface area contributed by atoms with Crippen LogP contribution in [0.25, 0.3) is 0 Å². The summed E-state index contributed by atoms with van der Waals surface area (Å²) < 4.78 is 0. The smallest absolute Gasteiger partial charge is 0.172 e. The molecule has 0 saturated carbocycles. The van der Waals surface area contributed by atoms with Crippen LogP contribution in [0.1, 0.15) is 23.7 Å². The maximum Gasteiger partial charge on any atom is 0.172 e. The van der Waals surface area contributed by atoms with Crippen LogP contribution in [-0.4, -0.2) is 28.5 Å². The third-order valence-corrected chi connectivity index (χ3v) is 3.20. The third-order valence-electron chi connectivity index (χ3n) is 2.11. The van der Waals surface area contributed by atoms with Crippen LogP contribution < -0.4 is 0 Å². The van der Waals surface area contributed by atoms with Crippen LogP contribution in [-0.2, 0) is 0 Å². The Labute approximate surface area is 94.7 Å². The van der Waals surface area contributed by atoms with E-state index in [0.29, 0.717) is 11.5 Å². The number of ketones is 1. The topological polar surface area (TPSA) is 37.3 Å². The number of benzene rings is 1. The number of Topliss-reactive ketones (excluding diaryl/α,β-unsaturated/α-hetero) is 1. The first-order valence-electron chi connectivity index (χ1n) is 5.08. The van der Waals surface area contributed by atoms with E-state index in [1.807, 2.05) is 37.3 Å². The van der Waals surface area contributed by atoms with Gasteiger partial charge in [0.15, 0.2) is 5.78 Å². The molecule has 1 aromatic rings. The van der Waals surface area contributed by atoms with Crippen molar-refractivity contribution in [3.8, 4) is 0 Å². The lowest BCUT2D eigenvalue weighted by Gasteiger charge is -2.06. The van der Waals surface area contributed by atoms with Crippen LogP contribution in [0.4, 0.5) is 0 Å². The van der Waals surface area contributed by atoms with Gasteiger partial charge in [-0.15, -0.1) is 0 Å². The Morgan fingerprint density at radius 2 is 2.07 bits per heavy atom.